The second kappa shape index (κ2) is 4.84. The molecule has 1 N–H and O–H groups in total. The number of halogens is 5. The highest BCUT2D eigenvalue weighted by atomic mass is 19.2. The Morgan fingerprint density at radius 1 is 0.850 bits per heavy atom. The summed E-state index contributed by atoms with van der Waals surface area (Å²) in [4.78, 5) is 0. The minimum atomic E-state index is -2.11. The zero-order valence-corrected chi connectivity index (χ0v) is 10.5. The number of fused-ring (bicyclic) bond motifs is 2. The van der Waals surface area contributed by atoms with Gasteiger partial charge in [0.15, 0.2) is 23.3 Å². The maximum Gasteiger partial charge on any atom is 0.200 e. The smallest absolute Gasteiger partial charge is 0.200 e. The highest BCUT2D eigenvalue weighted by Crippen LogP contribution is 2.35. The molecule has 2 aliphatic rings. The fourth-order valence-corrected chi connectivity index (χ4v) is 2.99. The second-order valence-electron chi connectivity index (χ2n) is 5.24. The molecule has 0 spiro atoms. The zero-order chi connectivity index (χ0) is 14.4. The third-order valence-electron chi connectivity index (χ3n) is 3.92. The summed E-state index contributed by atoms with van der Waals surface area (Å²) in [6, 6.07) is -0.0313. The van der Waals surface area contributed by atoms with Gasteiger partial charge in [0, 0.05) is 12.1 Å². The van der Waals surface area contributed by atoms with Crippen molar-refractivity contribution in [2.24, 2.45) is 0 Å². The Balaban J connectivity index is 2.13. The molecule has 0 radical (unpaired) electrons. The van der Waals surface area contributed by atoms with E-state index in [0.29, 0.717) is 0 Å². The van der Waals surface area contributed by atoms with E-state index in [4.69, 9.17) is 0 Å². The molecule has 1 aromatic rings. The Morgan fingerprint density at radius 2 is 1.45 bits per heavy atom. The van der Waals surface area contributed by atoms with E-state index in [2.05, 4.69) is 5.32 Å². The molecular weight excluding hydrogens is 277 g/mol. The summed E-state index contributed by atoms with van der Waals surface area (Å²) in [5.74, 6) is -9.37. The molecule has 2 atom stereocenters. The van der Waals surface area contributed by atoms with Crippen LogP contribution in [0.25, 0.3) is 5.57 Å². The molecule has 1 fully saturated rings. The van der Waals surface area contributed by atoms with Crippen LogP contribution in [-0.2, 0) is 0 Å². The molecular formula is C14H12F5N. The number of hydrogen-bond acceptors (Lipinski definition) is 1. The van der Waals surface area contributed by atoms with E-state index in [1.165, 1.54) is 0 Å². The van der Waals surface area contributed by atoms with E-state index in [9.17, 15) is 22.0 Å². The van der Waals surface area contributed by atoms with Crippen LogP contribution < -0.4 is 5.32 Å². The van der Waals surface area contributed by atoms with Crippen molar-refractivity contribution < 1.29 is 22.0 Å². The quantitative estimate of drug-likeness (QED) is 0.472. The lowest BCUT2D eigenvalue weighted by Crippen LogP contribution is -2.44. The van der Waals surface area contributed by atoms with Crippen LogP contribution in [0.15, 0.2) is 6.08 Å². The van der Waals surface area contributed by atoms with Gasteiger partial charge in [0.1, 0.15) is 0 Å². The number of hydrogen-bond donors (Lipinski definition) is 1. The zero-order valence-electron chi connectivity index (χ0n) is 10.5. The van der Waals surface area contributed by atoms with Gasteiger partial charge in [-0.25, -0.2) is 22.0 Å². The maximum atomic E-state index is 13.8. The van der Waals surface area contributed by atoms with E-state index < -0.39 is 34.6 Å². The molecule has 0 saturated carbocycles. The van der Waals surface area contributed by atoms with Crippen molar-refractivity contribution in [3.8, 4) is 0 Å². The van der Waals surface area contributed by atoms with E-state index >= 15 is 0 Å². The van der Waals surface area contributed by atoms with E-state index in [0.717, 1.165) is 19.3 Å². The lowest BCUT2D eigenvalue weighted by atomic mass is 9.84. The SMILES string of the molecule is Fc1c(F)c(F)c(C2=CC3CCCC(C2)N3)c(F)c1F. The van der Waals surface area contributed by atoms with Crippen molar-refractivity contribution in [2.45, 2.75) is 37.8 Å². The van der Waals surface area contributed by atoms with Crippen molar-refractivity contribution in [3.05, 3.63) is 40.7 Å². The van der Waals surface area contributed by atoms with E-state index in [-0.39, 0.29) is 24.1 Å². The van der Waals surface area contributed by atoms with Gasteiger partial charge in [-0.3, -0.25) is 0 Å². The maximum absolute atomic E-state index is 13.8. The normalized spacial score (nSPS) is 25.6. The van der Waals surface area contributed by atoms with Gasteiger partial charge in [-0.05, 0) is 24.8 Å². The van der Waals surface area contributed by atoms with Gasteiger partial charge in [-0.15, -0.1) is 0 Å². The highest BCUT2D eigenvalue weighted by Gasteiger charge is 2.32. The average molecular weight is 289 g/mol. The Bertz CT molecular complexity index is 567. The van der Waals surface area contributed by atoms with Gasteiger partial charge in [-0.2, -0.15) is 0 Å². The van der Waals surface area contributed by atoms with Gasteiger partial charge < -0.3 is 5.32 Å². The van der Waals surface area contributed by atoms with Crippen molar-refractivity contribution in [2.75, 3.05) is 0 Å². The summed E-state index contributed by atoms with van der Waals surface area (Å²) in [5, 5.41) is 3.25. The van der Waals surface area contributed by atoms with Gasteiger partial charge in [0.2, 0.25) is 5.82 Å². The van der Waals surface area contributed by atoms with Crippen molar-refractivity contribution in [1.82, 2.24) is 5.32 Å². The van der Waals surface area contributed by atoms with Crippen molar-refractivity contribution in [1.29, 1.82) is 0 Å². The first-order chi connectivity index (χ1) is 9.49. The molecule has 1 aromatic carbocycles. The number of piperidine rings is 1. The van der Waals surface area contributed by atoms with Crippen LogP contribution in [0.1, 0.15) is 31.2 Å². The number of nitrogens with one attached hydrogen (secondary N) is 1. The lowest BCUT2D eigenvalue weighted by Gasteiger charge is -2.35. The Morgan fingerprint density at radius 3 is 2.05 bits per heavy atom. The molecule has 2 aliphatic heterocycles. The Hall–Kier alpha value is -1.43. The Kier molecular flexibility index (Phi) is 3.28. The molecule has 20 heavy (non-hydrogen) atoms. The fourth-order valence-electron chi connectivity index (χ4n) is 2.99. The predicted molar refractivity (Wildman–Crippen MR) is 63.4 cm³/mol. The molecule has 2 bridgehead atoms. The topological polar surface area (TPSA) is 12.0 Å². The number of rotatable bonds is 1. The van der Waals surface area contributed by atoms with Crippen LogP contribution in [-0.4, -0.2) is 12.1 Å². The van der Waals surface area contributed by atoms with Crippen LogP contribution in [0.4, 0.5) is 22.0 Å². The van der Waals surface area contributed by atoms with E-state index in [1.54, 1.807) is 6.08 Å². The third-order valence-corrected chi connectivity index (χ3v) is 3.92. The van der Waals surface area contributed by atoms with Crippen LogP contribution >= 0.6 is 0 Å². The second-order valence-corrected chi connectivity index (χ2v) is 5.24. The molecule has 0 aliphatic carbocycles. The first-order valence-corrected chi connectivity index (χ1v) is 6.47. The standard InChI is InChI=1S/C14H12F5N/c15-10-9(11(16)13(18)14(19)12(10)17)6-4-7-2-1-3-8(5-6)20-7/h4,7-8,20H,1-3,5H2. The summed E-state index contributed by atoms with van der Waals surface area (Å²) in [6.07, 6.45) is 4.48. The molecule has 108 valence electrons. The van der Waals surface area contributed by atoms with Crippen LogP contribution in [0.2, 0.25) is 0 Å². The molecule has 0 amide bonds. The highest BCUT2D eigenvalue weighted by molar-refractivity contribution is 5.69. The van der Waals surface area contributed by atoms with Gasteiger partial charge in [0.25, 0.3) is 0 Å². The van der Waals surface area contributed by atoms with Crippen LogP contribution in [0.5, 0.6) is 0 Å². The molecule has 1 saturated heterocycles. The summed E-state index contributed by atoms with van der Waals surface area (Å²) in [7, 11) is 0. The number of benzene rings is 1. The molecule has 0 aromatic heterocycles. The molecule has 3 rings (SSSR count). The van der Waals surface area contributed by atoms with Crippen molar-refractivity contribution >= 4 is 5.57 Å². The minimum Gasteiger partial charge on any atom is -0.307 e. The molecule has 1 nitrogen and oxygen atoms in total. The predicted octanol–water partition coefficient (Wildman–Crippen LogP) is 3.68. The van der Waals surface area contributed by atoms with Gasteiger partial charge >= 0.3 is 0 Å². The third kappa shape index (κ3) is 2.02. The minimum absolute atomic E-state index is 0.0312. The van der Waals surface area contributed by atoms with Gasteiger partial charge in [-0.1, -0.05) is 12.5 Å². The monoisotopic (exact) mass is 289 g/mol. The first kappa shape index (κ1) is 13.5. The molecule has 2 unspecified atom stereocenters. The lowest BCUT2D eigenvalue weighted by molar-refractivity contribution is 0.344. The van der Waals surface area contributed by atoms with Crippen LogP contribution in [0, 0.1) is 29.1 Å². The van der Waals surface area contributed by atoms with E-state index in [1.807, 2.05) is 0 Å². The molecule has 6 heteroatoms. The Labute approximate surface area is 112 Å². The summed E-state index contributed by atoms with van der Waals surface area (Å²) in [5.41, 5.74) is -0.578. The largest absolute Gasteiger partial charge is 0.307 e. The first-order valence-electron chi connectivity index (χ1n) is 6.47. The summed E-state index contributed by atoms with van der Waals surface area (Å²) >= 11 is 0. The summed E-state index contributed by atoms with van der Waals surface area (Å²) in [6.45, 7) is 0. The van der Waals surface area contributed by atoms with Crippen LogP contribution in [0.3, 0.4) is 0 Å². The average Bonchev–Trinajstić information content (AvgIpc) is 2.43. The van der Waals surface area contributed by atoms with Crippen molar-refractivity contribution in [3.63, 3.8) is 0 Å². The summed E-state index contributed by atoms with van der Waals surface area (Å²) < 4.78 is 67.1. The molecule has 2 heterocycles. The fraction of sp³-hybridized carbons (Fsp3) is 0.429. The van der Waals surface area contributed by atoms with Gasteiger partial charge in [0.05, 0.1) is 5.56 Å².